The maximum Gasteiger partial charge on any atom is 0.321 e. The molecule has 2 aromatic carbocycles. The Morgan fingerprint density at radius 1 is 0.975 bits per heavy atom. The highest BCUT2D eigenvalue weighted by atomic mass is 35.5. The summed E-state index contributed by atoms with van der Waals surface area (Å²) in [6, 6.07) is 19.1. The molecule has 3 fully saturated rings. The number of hydrogen-bond acceptors (Lipinski definition) is 6. The molecule has 4 heterocycles. The minimum absolute atomic E-state index is 0.0101. The number of phenols is 1. The number of carbonyl (C=O) groups excluding carboxylic acids is 1. The van der Waals surface area contributed by atoms with Gasteiger partial charge in [0.15, 0.2) is 0 Å². The number of rotatable bonds is 7. The number of pyridine rings is 1. The summed E-state index contributed by atoms with van der Waals surface area (Å²) < 4.78 is 11.3. The van der Waals surface area contributed by atoms with E-state index in [9.17, 15) is 9.90 Å². The molecule has 9 heteroatoms. The third-order valence-corrected chi connectivity index (χ3v) is 8.49. The average Bonchev–Trinajstić information content (AvgIpc) is 3.33. The first-order valence-corrected chi connectivity index (χ1v) is 14.5. The molecular formula is C31H35ClN4O4. The zero-order valence-electron chi connectivity index (χ0n) is 22.5. The van der Waals surface area contributed by atoms with Crippen molar-refractivity contribution in [1.29, 1.82) is 0 Å². The number of likely N-dealkylation sites (tertiary alicyclic amines) is 1. The van der Waals surface area contributed by atoms with Gasteiger partial charge in [0.1, 0.15) is 11.5 Å². The van der Waals surface area contributed by atoms with E-state index in [0.717, 1.165) is 56.4 Å². The van der Waals surface area contributed by atoms with Crippen molar-refractivity contribution in [3.8, 4) is 17.4 Å². The fourth-order valence-electron chi connectivity index (χ4n) is 6.14. The van der Waals surface area contributed by atoms with Crippen molar-refractivity contribution in [2.45, 2.75) is 50.4 Å². The molecule has 2 amide bonds. The molecule has 1 atom stereocenters. The first kappa shape index (κ1) is 26.9. The van der Waals surface area contributed by atoms with Crippen molar-refractivity contribution in [3.63, 3.8) is 0 Å². The molecule has 8 nitrogen and oxygen atoms in total. The Balaban J connectivity index is 1.09. The largest absolute Gasteiger partial charge is 0.508 e. The number of hydrogen-bond donors (Lipinski definition) is 1. The van der Waals surface area contributed by atoms with Crippen LogP contribution in [0.15, 0.2) is 66.9 Å². The number of amides is 2. The molecule has 1 aromatic heterocycles. The number of benzene rings is 2. The predicted molar refractivity (Wildman–Crippen MR) is 153 cm³/mol. The maximum atomic E-state index is 13.9. The summed E-state index contributed by atoms with van der Waals surface area (Å²) in [5.41, 5.74) is 2.23. The number of halogens is 1. The SMILES string of the molecule is O=C1N(C2CCOCC2)CC(c2cccc(Cl)c2)N1C1CCN(Cc2ccc(Oc3ccc(O)cc3)nc2)CC1. The molecule has 210 valence electrons. The lowest BCUT2D eigenvalue weighted by Crippen LogP contribution is -2.48. The third-order valence-electron chi connectivity index (χ3n) is 8.25. The van der Waals surface area contributed by atoms with Crippen LogP contribution in [0, 0.1) is 0 Å². The lowest BCUT2D eigenvalue weighted by atomic mass is 9.98. The van der Waals surface area contributed by atoms with E-state index in [1.54, 1.807) is 24.3 Å². The molecule has 3 aliphatic heterocycles. The van der Waals surface area contributed by atoms with Crippen molar-refractivity contribution >= 4 is 17.6 Å². The Hall–Kier alpha value is -3.33. The van der Waals surface area contributed by atoms with Gasteiger partial charge in [-0.2, -0.15) is 0 Å². The molecule has 3 saturated heterocycles. The summed E-state index contributed by atoms with van der Waals surface area (Å²) in [6.07, 6.45) is 5.51. The summed E-state index contributed by atoms with van der Waals surface area (Å²) in [6.45, 7) is 4.77. The molecule has 6 rings (SSSR count). The van der Waals surface area contributed by atoms with E-state index in [1.165, 1.54) is 0 Å². The molecule has 0 aliphatic carbocycles. The van der Waals surface area contributed by atoms with Gasteiger partial charge < -0.3 is 24.4 Å². The second-order valence-electron chi connectivity index (χ2n) is 10.9. The predicted octanol–water partition coefficient (Wildman–Crippen LogP) is 5.86. The van der Waals surface area contributed by atoms with Crippen LogP contribution in [-0.2, 0) is 11.3 Å². The highest BCUT2D eigenvalue weighted by Crippen LogP contribution is 2.38. The third kappa shape index (κ3) is 6.04. The summed E-state index contributed by atoms with van der Waals surface area (Å²) in [4.78, 5) is 25.0. The second-order valence-corrected chi connectivity index (χ2v) is 11.3. The smallest absolute Gasteiger partial charge is 0.321 e. The first-order valence-electron chi connectivity index (χ1n) is 14.1. The number of nitrogens with zero attached hydrogens (tertiary/aromatic N) is 4. The van der Waals surface area contributed by atoms with Crippen LogP contribution >= 0.6 is 11.6 Å². The Morgan fingerprint density at radius 2 is 1.75 bits per heavy atom. The van der Waals surface area contributed by atoms with Gasteiger partial charge in [-0.1, -0.05) is 29.8 Å². The van der Waals surface area contributed by atoms with E-state index < -0.39 is 0 Å². The number of urea groups is 1. The number of ether oxygens (including phenoxy) is 2. The molecule has 1 unspecified atom stereocenters. The molecule has 3 aliphatic rings. The van der Waals surface area contributed by atoms with E-state index in [0.29, 0.717) is 36.4 Å². The second kappa shape index (κ2) is 12.0. The number of aromatic nitrogens is 1. The fraction of sp³-hybridized carbons (Fsp3) is 0.419. The molecule has 1 N–H and O–H groups in total. The molecular weight excluding hydrogens is 528 g/mol. The van der Waals surface area contributed by atoms with Gasteiger partial charge in [0, 0.05) is 68.8 Å². The van der Waals surface area contributed by atoms with Gasteiger partial charge in [0.25, 0.3) is 0 Å². The normalized spacial score (nSPS) is 21.2. The quantitative estimate of drug-likeness (QED) is 0.389. The lowest BCUT2D eigenvalue weighted by molar-refractivity contribution is 0.0493. The number of piperidine rings is 1. The minimum atomic E-state index is 0.0101. The monoisotopic (exact) mass is 562 g/mol. The zero-order chi connectivity index (χ0) is 27.5. The molecule has 0 spiro atoms. The van der Waals surface area contributed by atoms with Crippen molar-refractivity contribution < 1.29 is 19.4 Å². The summed E-state index contributed by atoms with van der Waals surface area (Å²) in [5.74, 6) is 1.34. The van der Waals surface area contributed by atoms with Gasteiger partial charge in [0.2, 0.25) is 5.88 Å². The van der Waals surface area contributed by atoms with Crippen LogP contribution in [0.4, 0.5) is 4.79 Å². The van der Waals surface area contributed by atoms with E-state index in [4.69, 9.17) is 21.1 Å². The van der Waals surface area contributed by atoms with E-state index in [-0.39, 0.29) is 29.9 Å². The molecule has 3 aromatic rings. The van der Waals surface area contributed by atoms with Gasteiger partial charge in [-0.05, 0) is 73.2 Å². The van der Waals surface area contributed by atoms with Gasteiger partial charge in [-0.3, -0.25) is 4.90 Å². The van der Waals surface area contributed by atoms with Crippen molar-refractivity contribution in [2.75, 3.05) is 32.8 Å². The van der Waals surface area contributed by atoms with E-state index in [2.05, 4.69) is 25.8 Å². The molecule has 40 heavy (non-hydrogen) atoms. The Bertz CT molecular complexity index is 1290. The average molecular weight is 563 g/mol. The number of aromatic hydroxyl groups is 1. The van der Waals surface area contributed by atoms with Crippen molar-refractivity contribution in [2.24, 2.45) is 0 Å². The Morgan fingerprint density at radius 3 is 2.45 bits per heavy atom. The zero-order valence-corrected chi connectivity index (χ0v) is 23.2. The first-order chi connectivity index (χ1) is 19.5. The minimum Gasteiger partial charge on any atom is -0.508 e. The van der Waals surface area contributed by atoms with Gasteiger partial charge in [-0.15, -0.1) is 0 Å². The highest BCUT2D eigenvalue weighted by Gasteiger charge is 2.45. The lowest BCUT2D eigenvalue weighted by Gasteiger charge is -2.39. The van der Waals surface area contributed by atoms with Crippen LogP contribution in [0.1, 0.15) is 42.9 Å². The number of carbonyl (C=O) groups is 1. The number of phenolic OH excluding ortho intramolecular Hbond substituents is 1. The topological polar surface area (TPSA) is 78.4 Å². The van der Waals surface area contributed by atoms with Gasteiger partial charge in [-0.25, -0.2) is 9.78 Å². The molecule has 0 radical (unpaired) electrons. The van der Waals surface area contributed by atoms with Crippen LogP contribution in [0.3, 0.4) is 0 Å². The highest BCUT2D eigenvalue weighted by molar-refractivity contribution is 6.30. The standard InChI is InChI=1S/C31H35ClN4O4/c32-24-3-1-2-23(18-24)29-21-35(25-12-16-39-17-13-25)31(38)36(29)26-10-14-34(15-11-26)20-22-4-9-30(33-19-22)40-28-7-5-27(37)6-8-28/h1-9,18-19,25-26,29,37H,10-17,20-21H2. The molecule has 0 saturated carbocycles. The van der Waals surface area contributed by atoms with Crippen LogP contribution in [0.2, 0.25) is 5.02 Å². The fourth-order valence-corrected chi connectivity index (χ4v) is 6.34. The van der Waals surface area contributed by atoms with Crippen LogP contribution in [0.25, 0.3) is 0 Å². The van der Waals surface area contributed by atoms with Gasteiger partial charge >= 0.3 is 6.03 Å². The summed E-state index contributed by atoms with van der Waals surface area (Å²) in [5, 5.41) is 10.1. The van der Waals surface area contributed by atoms with Gasteiger partial charge in [0.05, 0.1) is 6.04 Å². The Labute approximate surface area is 240 Å². The summed E-state index contributed by atoms with van der Waals surface area (Å²) in [7, 11) is 0. The van der Waals surface area contributed by atoms with E-state index >= 15 is 0 Å². The van der Waals surface area contributed by atoms with Crippen LogP contribution < -0.4 is 4.74 Å². The van der Waals surface area contributed by atoms with Crippen LogP contribution in [0.5, 0.6) is 17.4 Å². The maximum absolute atomic E-state index is 13.9. The van der Waals surface area contributed by atoms with E-state index in [1.807, 2.05) is 36.5 Å². The Kier molecular flexibility index (Phi) is 8.09. The molecule has 0 bridgehead atoms. The van der Waals surface area contributed by atoms with Crippen molar-refractivity contribution in [1.82, 2.24) is 19.7 Å². The van der Waals surface area contributed by atoms with Crippen molar-refractivity contribution in [3.05, 3.63) is 83.0 Å². The summed E-state index contributed by atoms with van der Waals surface area (Å²) >= 11 is 6.37. The van der Waals surface area contributed by atoms with Crippen LogP contribution in [-0.4, -0.2) is 75.8 Å².